The second-order valence-electron chi connectivity index (χ2n) is 9.65. The van der Waals surface area contributed by atoms with Gasteiger partial charge in [-0.15, -0.1) is 0 Å². The van der Waals surface area contributed by atoms with Gasteiger partial charge in [-0.3, -0.25) is 0 Å². The highest BCUT2D eigenvalue weighted by Gasteiger charge is 2.27. The highest BCUT2D eigenvalue weighted by atomic mass is 16.5. The van der Waals surface area contributed by atoms with Crippen LogP contribution in [0.25, 0.3) is 0 Å². The molecule has 1 N–H and O–H groups in total. The van der Waals surface area contributed by atoms with Crippen molar-refractivity contribution in [3.8, 4) is 23.0 Å². The number of hydrogen-bond acceptors (Lipinski definition) is 5. The second-order valence-corrected chi connectivity index (χ2v) is 9.65. The van der Waals surface area contributed by atoms with Crippen LogP contribution in [0, 0.1) is 0 Å². The molecule has 2 aromatic rings. The molecule has 0 saturated heterocycles. The molecule has 2 aromatic carbocycles. The molecule has 0 amide bonds. The van der Waals surface area contributed by atoms with E-state index in [1.807, 2.05) is 59.7 Å². The molecule has 0 spiro atoms. The van der Waals surface area contributed by atoms with Gasteiger partial charge in [0, 0.05) is 34.8 Å². The van der Waals surface area contributed by atoms with Crippen LogP contribution in [0.15, 0.2) is 36.9 Å². The van der Waals surface area contributed by atoms with Crippen molar-refractivity contribution in [3.63, 3.8) is 0 Å². The minimum atomic E-state index is -0.540. The van der Waals surface area contributed by atoms with Gasteiger partial charge >= 0.3 is 5.97 Å². The maximum Gasteiger partial charge on any atom is 0.335 e. The minimum Gasteiger partial charge on any atom is -0.507 e. The summed E-state index contributed by atoms with van der Waals surface area (Å²) in [5.41, 5.74) is 2.42. The van der Waals surface area contributed by atoms with Crippen LogP contribution in [-0.2, 0) is 22.0 Å². The second kappa shape index (κ2) is 9.04. The number of ether oxygens (including phenoxy) is 3. The third kappa shape index (κ3) is 5.60. The molecule has 0 aliphatic rings. The summed E-state index contributed by atoms with van der Waals surface area (Å²) in [6.45, 7) is 15.7. The number of rotatable bonds is 6. The molecule has 0 heterocycles. The number of carbonyl (C=O) groups is 1. The molecular formula is C26H34O5. The molecular weight excluding hydrogens is 392 g/mol. The van der Waals surface area contributed by atoms with E-state index in [0.29, 0.717) is 29.2 Å². The first-order valence-corrected chi connectivity index (χ1v) is 10.3. The van der Waals surface area contributed by atoms with Gasteiger partial charge in [0.05, 0.1) is 14.2 Å². The lowest BCUT2D eigenvalue weighted by Crippen LogP contribution is -2.17. The predicted octanol–water partition coefficient (Wildman–Crippen LogP) is 5.69. The monoisotopic (exact) mass is 426 g/mol. The van der Waals surface area contributed by atoms with E-state index in [1.54, 1.807) is 20.3 Å². The van der Waals surface area contributed by atoms with Crippen LogP contribution in [0.3, 0.4) is 0 Å². The molecule has 0 unspecified atom stereocenters. The Balaban J connectivity index is 2.76. The van der Waals surface area contributed by atoms with Crippen LogP contribution in [0.1, 0.15) is 63.8 Å². The Morgan fingerprint density at radius 1 is 0.903 bits per heavy atom. The van der Waals surface area contributed by atoms with Crippen molar-refractivity contribution in [1.82, 2.24) is 0 Å². The molecule has 5 heteroatoms. The zero-order chi connectivity index (χ0) is 23.6. The molecule has 31 heavy (non-hydrogen) atoms. The standard InChI is InChI=1S/C26H34O5/c1-10-22(27)31-24-17(13-19(30-9)15-21(24)26(5,6)7)11-16-12-18(29-8)14-20(23(16)28)25(2,3)4/h10,12-15,28H,1,11H2,2-9H3. The number of hydrogen-bond donors (Lipinski definition) is 1. The summed E-state index contributed by atoms with van der Waals surface area (Å²) in [6, 6.07) is 7.36. The lowest BCUT2D eigenvalue weighted by atomic mass is 9.82. The third-order valence-electron chi connectivity index (χ3n) is 5.14. The zero-order valence-electron chi connectivity index (χ0n) is 19.9. The fourth-order valence-corrected chi connectivity index (χ4v) is 3.42. The maximum atomic E-state index is 12.1. The molecule has 2 rings (SSSR count). The highest BCUT2D eigenvalue weighted by Crippen LogP contribution is 2.42. The van der Waals surface area contributed by atoms with E-state index in [4.69, 9.17) is 14.2 Å². The average Bonchev–Trinajstić information content (AvgIpc) is 2.68. The Hall–Kier alpha value is -2.95. The summed E-state index contributed by atoms with van der Waals surface area (Å²) in [7, 11) is 3.20. The van der Waals surface area contributed by atoms with Crippen LogP contribution in [0.4, 0.5) is 0 Å². The Labute approximate surface area is 185 Å². The maximum absolute atomic E-state index is 12.1. The lowest BCUT2D eigenvalue weighted by Gasteiger charge is -2.26. The molecule has 0 aliphatic heterocycles. The fourth-order valence-electron chi connectivity index (χ4n) is 3.42. The SMILES string of the molecule is C=CC(=O)Oc1c(Cc2cc(OC)cc(C(C)(C)C)c2O)cc(OC)cc1C(C)(C)C. The molecule has 0 radical (unpaired) electrons. The smallest absolute Gasteiger partial charge is 0.335 e. The number of carbonyl (C=O) groups excluding carboxylic acids is 1. The van der Waals surface area contributed by atoms with Crippen molar-refractivity contribution in [2.75, 3.05) is 14.2 Å². The number of phenols is 1. The van der Waals surface area contributed by atoms with Crippen molar-refractivity contribution in [3.05, 3.63) is 59.2 Å². The third-order valence-corrected chi connectivity index (χ3v) is 5.14. The van der Waals surface area contributed by atoms with Gasteiger partial charge in [0.1, 0.15) is 23.0 Å². The van der Waals surface area contributed by atoms with Gasteiger partial charge in [0.15, 0.2) is 0 Å². The summed E-state index contributed by atoms with van der Waals surface area (Å²) in [4.78, 5) is 12.1. The summed E-state index contributed by atoms with van der Waals surface area (Å²) in [6.07, 6.45) is 1.47. The van der Waals surface area contributed by atoms with E-state index >= 15 is 0 Å². The quantitative estimate of drug-likeness (QED) is 0.365. The minimum absolute atomic E-state index is 0.203. The topological polar surface area (TPSA) is 65.0 Å². The highest BCUT2D eigenvalue weighted by molar-refractivity contribution is 5.84. The molecule has 0 saturated carbocycles. The number of methoxy groups -OCH3 is 2. The van der Waals surface area contributed by atoms with Crippen LogP contribution in [-0.4, -0.2) is 25.3 Å². The van der Waals surface area contributed by atoms with Crippen LogP contribution in [0.5, 0.6) is 23.0 Å². The lowest BCUT2D eigenvalue weighted by molar-refractivity contribution is -0.129. The van der Waals surface area contributed by atoms with E-state index < -0.39 is 5.97 Å². The summed E-state index contributed by atoms with van der Waals surface area (Å²) in [5, 5.41) is 11.1. The van der Waals surface area contributed by atoms with Crippen molar-refractivity contribution in [2.45, 2.75) is 58.8 Å². The van der Waals surface area contributed by atoms with Gasteiger partial charge in [-0.25, -0.2) is 4.79 Å². The first kappa shape index (κ1) is 24.3. The Morgan fingerprint density at radius 2 is 1.39 bits per heavy atom. The van der Waals surface area contributed by atoms with Gasteiger partial charge in [-0.1, -0.05) is 48.1 Å². The van der Waals surface area contributed by atoms with E-state index in [-0.39, 0.29) is 16.6 Å². The molecule has 0 aromatic heterocycles. The van der Waals surface area contributed by atoms with Crippen LogP contribution in [0.2, 0.25) is 0 Å². The summed E-state index contributed by atoms with van der Waals surface area (Å²) >= 11 is 0. The largest absolute Gasteiger partial charge is 0.507 e. The molecule has 5 nitrogen and oxygen atoms in total. The number of phenolic OH excluding ortho intramolecular Hbond substituents is 1. The van der Waals surface area contributed by atoms with Crippen molar-refractivity contribution in [1.29, 1.82) is 0 Å². The molecule has 0 atom stereocenters. The van der Waals surface area contributed by atoms with Crippen LogP contribution < -0.4 is 14.2 Å². The first-order valence-electron chi connectivity index (χ1n) is 10.3. The average molecular weight is 427 g/mol. The van der Waals surface area contributed by atoms with Crippen molar-refractivity contribution < 1.29 is 24.1 Å². The summed E-state index contributed by atoms with van der Waals surface area (Å²) < 4.78 is 16.7. The Morgan fingerprint density at radius 3 is 1.84 bits per heavy atom. The zero-order valence-corrected chi connectivity index (χ0v) is 19.9. The van der Waals surface area contributed by atoms with Gasteiger partial charge in [0.25, 0.3) is 0 Å². The van der Waals surface area contributed by atoms with Crippen LogP contribution >= 0.6 is 0 Å². The fraction of sp³-hybridized carbons (Fsp3) is 0.423. The molecule has 0 aliphatic carbocycles. The molecule has 0 fully saturated rings. The number of aromatic hydroxyl groups is 1. The Bertz CT molecular complexity index is 975. The number of esters is 1. The predicted molar refractivity (Wildman–Crippen MR) is 124 cm³/mol. The van der Waals surface area contributed by atoms with Gasteiger partial charge < -0.3 is 19.3 Å². The van der Waals surface area contributed by atoms with Crippen molar-refractivity contribution >= 4 is 5.97 Å². The van der Waals surface area contributed by atoms with Crippen molar-refractivity contribution in [2.24, 2.45) is 0 Å². The van der Waals surface area contributed by atoms with E-state index in [1.165, 1.54) is 0 Å². The Kier molecular flexibility index (Phi) is 7.10. The number of benzene rings is 2. The first-order chi connectivity index (χ1) is 14.3. The molecule has 168 valence electrons. The summed E-state index contributed by atoms with van der Waals surface area (Å²) in [5.74, 6) is 1.42. The van der Waals surface area contributed by atoms with E-state index in [9.17, 15) is 9.90 Å². The van der Waals surface area contributed by atoms with Gasteiger partial charge in [0.2, 0.25) is 0 Å². The van der Waals surface area contributed by atoms with E-state index in [0.717, 1.165) is 22.8 Å². The van der Waals surface area contributed by atoms with E-state index in [2.05, 4.69) is 6.58 Å². The van der Waals surface area contributed by atoms with Gasteiger partial charge in [-0.05, 0) is 35.1 Å². The normalized spacial score (nSPS) is 11.7. The molecule has 0 bridgehead atoms. The van der Waals surface area contributed by atoms with Gasteiger partial charge in [-0.2, -0.15) is 0 Å².